The molecule has 16 heavy (non-hydrogen) atoms. The average molecular weight is 286 g/mol. The van der Waals surface area contributed by atoms with Crippen molar-refractivity contribution in [2.45, 2.75) is 20.3 Å². The van der Waals surface area contributed by atoms with Crippen LogP contribution in [0.1, 0.15) is 19.4 Å². The summed E-state index contributed by atoms with van der Waals surface area (Å²) >= 11 is 3.29. The van der Waals surface area contributed by atoms with E-state index in [4.69, 9.17) is 0 Å². The van der Waals surface area contributed by atoms with E-state index in [1.165, 1.54) is 19.9 Å². The van der Waals surface area contributed by atoms with E-state index in [9.17, 15) is 14.7 Å². The number of anilines is 1. The number of phenolic OH excluding ortho intramolecular Hbond substituents is 1. The summed E-state index contributed by atoms with van der Waals surface area (Å²) in [7, 11) is 0. The third kappa shape index (κ3) is 3.06. The number of rotatable bonds is 3. The summed E-state index contributed by atoms with van der Waals surface area (Å²) in [6.45, 7) is 2.80. The minimum Gasteiger partial charge on any atom is -0.506 e. The largest absolute Gasteiger partial charge is 0.506 e. The monoisotopic (exact) mass is 285 g/mol. The van der Waals surface area contributed by atoms with Crippen LogP contribution in [-0.2, 0) is 16.0 Å². The predicted octanol–water partition coefficient (Wildman–Crippen LogP) is 2.24. The van der Waals surface area contributed by atoms with Gasteiger partial charge in [-0.3, -0.25) is 9.59 Å². The van der Waals surface area contributed by atoms with Crippen LogP contribution >= 0.6 is 15.9 Å². The Labute approximate surface area is 102 Å². The molecule has 1 rings (SSSR count). The molecule has 1 aromatic carbocycles. The van der Waals surface area contributed by atoms with Gasteiger partial charge in [0.1, 0.15) is 11.5 Å². The van der Waals surface area contributed by atoms with Gasteiger partial charge in [0.2, 0.25) is 5.91 Å². The number of ketones is 1. The van der Waals surface area contributed by atoms with E-state index in [0.29, 0.717) is 10.0 Å². The summed E-state index contributed by atoms with van der Waals surface area (Å²) in [5.74, 6) is -0.384. The molecule has 2 N–H and O–H groups in total. The molecule has 0 saturated carbocycles. The molecule has 0 heterocycles. The van der Waals surface area contributed by atoms with Gasteiger partial charge in [-0.05, 0) is 19.1 Å². The first-order chi connectivity index (χ1) is 7.41. The van der Waals surface area contributed by atoms with Gasteiger partial charge in [0.15, 0.2) is 0 Å². The molecule has 86 valence electrons. The van der Waals surface area contributed by atoms with Gasteiger partial charge in [0, 0.05) is 23.4 Å². The number of halogens is 1. The summed E-state index contributed by atoms with van der Waals surface area (Å²) in [4.78, 5) is 22.1. The highest BCUT2D eigenvalue weighted by Crippen LogP contribution is 2.33. The zero-order valence-electron chi connectivity index (χ0n) is 9.00. The molecule has 0 aliphatic carbocycles. The predicted molar refractivity (Wildman–Crippen MR) is 64.5 cm³/mol. The molecular formula is C11H12BrNO3. The van der Waals surface area contributed by atoms with Crippen LogP contribution in [0.5, 0.6) is 5.75 Å². The van der Waals surface area contributed by atoms with Gasteiger partial charge in [-0.15, -0.1) is 0 Å². The molecule has 4 nitrogen and oxygen atoms in total. The normalized spacial score (nSPS) is 9.94. The number of benzene rings is 1. The van der Waals surface area contributed by atoms with E-state index in [2.05, 4.69) is 21.2 Å². The molecule has 1 aromatic rings. The first-order valence-electron chi connectivity index (χ1n) is 4.69. The molecule has 0 bridgehead atoms. The molecule has 0 radical (unpaired) electrons. The van der Waals surface area contributed by atoms with Gasteiger partial charge in [0.05, 0.1) is 5.69 Å². The number of hydrogen-bond donors (Lipinski definition) is 2. The highest BCUT2D eigenvalue weighted by atomic mass is 79.9. The van der Waals surface area contributed by atoms with Crippen LogP contribution < -0.4 is 5.32 Å². The van der Waals surface area contributed by atoms with Gasteiger partial charge in [-0.25, -0.2) is 0 Å². The van der Waals surface area contributed by atoms with Crippen molar-refractivity contribution in [3.63, 3.8) is 0 Å². The Morgan fingerprint density at radius 2 is 2.00 bits per heavy atom. The second kappa shape index (κ2) is 5.12. The highest BCUT2D eigenvalue weighted by Gasteiger charge is 2.14. The summed E-state index contributed by atoms with van der Waals surface area (Å²) in [5.41, 5.74) is 0.875. The third-order valence-electron chi connectivity index (χ3n) is 1.96. The van der Waals surface area contributed by atoms with Crippen LogP contribution in [0, 0.1) is 0 Å². The number of Topliss-reactive ketones (excluding diaryl/α,β-unsaturated/α-hetero) is 1. The number of hydrogen-bond acceptors (Lipinski definition) is 3. The Hall–Kier alpha value is -1.36. The maximum atomic E-state index is 11.1. The smallest absolute Gasteiger partial charge is 0.221 e. The molecule has 0 aliphatic rings. The van der Waals surface area contributed by atoms with Crippen molar-refractivity contribution in [1.29, 1.82) is 0 Å². The number of amides is 1. The Bertz CT molecular complexity index is 402. The molecule has 5 heteroatoms. The second-order valence-electron chi connectivity index (χ2n) is 3.48. The van der Waals surface area contributed by atoms with Crippen molar-refractivity contribution in [1.82, 2.24) is 0 Å². The van der Waals surface area contributed by atoms with Crippen molar-refractivity contribution >= 4 is 33.3 Å². The van der Waals surface area contributed by atoms with Crippen molar-refractivity contribution in [3.8, 4) is 5.75 Å². The summed E-state index contributed by atoms with van der Waals surface area (Å²) in [6, 6.07) is 3.10. The van der Waals surface area contributed by atoms with Crippen molar-refractivity contribution in [2.75, 3.05) is 5.32 Å². The van der Waals surface area contributed by atoms with Crippen LogP contribution in [0.2, 0.25) is 0 Å². The summed E-state index contributed by atoms with van der Waals surface area (Å²) < 4.78 is 0.684. The molecule has 1 amide bonds. The van der Waals surface area contributed by atoms with Gasteiger partial charge in [-0.2, -0.15) is 0 Å². The first kappa shape index (κ1) is 12.7. The summed E-state index contributed by atoms with van der Waals surface area (Å²) in [5, 5.41) is 12.1. The van der Waals surface area contributed by atoms with E-state index in [-0.39, 0.29) is 29.5 Å². The second-order valence-corrected chi connectivity index (χ2v) is 4.33. The maximum Gasteiger partial charge on any atom is 0.221 e. The molecule has 0 aliphatic heterocycles. The molecular weight excluding hydrogens is 274 g/mol. The van der Waals surface area contributed by atoms with Crippen LogP contribution in [0.4, 0.5) is 5.69 Å². The Kier molecular flexibility index (Phi) is 4.06. The fourth-order valence-electron chi connectivity index (χ4n) is 1.35. The van der Waals surface area contributed by atoms with E-state index in [1.807, 2.05) is 0 Å². The van der Waals surface area contributed by atoms with E-state index < -0.39 is 0 Å². The minimum atomic E-state index is -0.293. The van der Waals surface area contributed by atoms with Crippen molar-refractivity contribution in [3.05, 3.63) is 22.2 Å². The lowest BCUT2D eigenvalue weighted by Crippen LogP contribution is -2.10. The Morgan fingerprint density at radius 1 is 1.38 bits per heavy atom. The highest BCUT2D eigenvalue weighted by molar-refractivity contribution is 9.10. The van der Waals surface area contributed by atoms with Crippen LogP contribution in [0.15, 0.2) is 16.6 Å². The van der Waals surface area contributed by atoms with Crippen LogP contribution in [-0.4, -0.2) is 16.8 Å². The average Bonchev–Trinajstić information content (AvgIpc) is 2.16. The number of carbonyl (C=O) groups excluding carboxylic acids is 2. The Morgan fingerprint density at radius 3 is 2.50 bits per heavy atom. The van der Waals surface area contributed by atoms with Crippen LogP contribution in [0.25, 0.3) is 0 Å². The number of nitrogens with one attached hydrogen (secondary N) is 1. The Balaban J connectivity index is 3.24. The molecule has 0 spiro atoms. The van der Waals surface area contributed by atoms with E-state index in [0.717, 1.165) is 0 Å². The molecule has 0 aromatic heterocycles. The number of carbonyl (C=O) groups is 2. The lowest BCUT2D eigenvalue weighted by molar-refractivity contribution is -0.116. The minimum absolute atomic E-state index is 0.0436. The van der Waals surface area contributed by atoms with Gasteiger partial charge >= 0.3 is 0 Å². The zero-order chi connectivity index (χ0) is 12.3. The van der Waals surface area contributed by atoms with Crippen LogP contribution in [0.3, 0.4) is 0 Å². The summed E-state index contributed by atoms with van der Waals surface area (Å²) in [6.07, 6.45) is 0.157. The molecule has 0 atom stereocenters. The first-order valence-corrected chi connectivity index (χ1v) is 5.48. The SMILES string of the molecule is CC(=O)Cc1c(Br)ccc(O)c1NC(C)=O. The number of phenols is 1. The quantitative estimate of drug-likeness (QED) is 0.837. The fourth-order valence-corrected chi connectivity index (χ4v) is 1.82. The third-order valence-corrected chi connectivity index (χ3v) is 2.70. The van der Waals surface area contributed by atoms with E-state index >= 15 is 0 Å². The topological polar surface area (TPSA) is 66.4 Å². The lowest BCUT2D eigenvalue weighted by Gasteiger charge is -2.12. The maximum absolute atomic E-state index is 11.1. The lowest BCUT2D eigenvalue weighted by atomic mass is 10.1. The molecule has 0 unspecified atom stereocenters. The standard InChI is InChI=1S/C11H12BrNO3/c1-6(14)5-8-9(12)3-4-10(16)11(8)13-7(2)15/h3-4,16H,5H2,1-2H3,(H,13,15). The van der Waals surface area contributed by atoms with Crippen molar-refractivity contribution < 1.29 is 14.7 Å². The number of aromatic hydroxyl groups is 1. The van der Waals surface area contributed by atoms with Crippen molar-refractivity contribution in [2.24, 2.45) is 0 Å². The van der Waals surface area contributed by atoms with Gasteiger partial charge < -0.3 is 10.4 Å². The zero-order valence-corrected chi connectivity index (χ0v) is 10.6. The fraction of sp³-hybridized carbons (Fsp3) is 0.273. The van der Waals surface area contributed by atoms with Gasteiger partial charge in [-0.1, -0.05) is 15.9 Å². The molecule has 0 fully saturated rings. The van der Waals surface area contributed by atoms with E-state index in [1.54, 1.807) is 6.07 Å². The van der Waals surface area contributed by atoms with Gasteiger partial charge in [0.25, 0.3) is 0 Å². The molecule has 0 saturated heterocycles.